The smallest absolute Gasteiger partial charge is 0.244 e. The van der Waals surface area contributed by atoms with E-state index in [9.17, 15) is 18.0 Å². The SMILES string of the molecule is CCOc1ccccc1N(CC(=O)N(Cc1cccc(C)c1)[C@H](Cc1ccccc1)C(=O)NC1CCCCC1)S(C)(=O)=O. The van der Waals surface area contributed by atoms with Gasteiger partial charge in [0.1, 0.15) is 18.3 Å². The van der Waals surface area contributed by atoms with Crippen LogP contribution >= 0.6 is 0 Å². The van der Waals surface area contributed by atoms with E-state index in [1.807, 2.05) is 68.4 Å². The number of hydrogen-bond acceptors (Lipinski definition) is 5. The van der Waals surface area contributed by atoms with Crippen LogP contribution in [0.2, 0.25) is 0 Å². The number of carbonyl (C=O) groups is 2. The summed E-state index contributed by atoms with van der Waals surface area (Å²) in [5.41, 5.74) is 3.08. The molecule has 0 saturated heterocycles. The van der Waals surface area contributed by atoms with Gasteiger partial charge in [-0.25, -0.2) is 8.42 Å². The van der Waals surface area contributed by atoms with Crippen LogP contribution in [0.4, 0.5) is 5.69 Å². The fourth-order valence-corrected chi connectivity index (χ4v) is 6.49. The molecule has 1 atom stereocenters. The molecular weight excluding hydrogens is 562 g/mol. The summed E-state index contributed by atoms with van der Waals surface area (Å²) in [4.78, 5) is 30.0. The zero-order valence-corrected chi connectivity index (χ0v) is 26.2. The van der Waals surface area contributed by atoms with Gasteiger partial charge < -0.3 is 15.0 Å². The third kappa shape index (κ3) is 9.07. The molecule has 2 amide bonds. The Labute approximate surface area is 256 Å². The lowest BCUT2D eigenvalue weighted by atomic mass is 9.94. The summed E-state index contributed by atoms with van der Waals surface area (Å²) in [5, 5.41) is 3.23. The van der Waals surface area contributed by atoms with Crippen molar-refractivity contribution in [3.8, 4) is 5.75 Å². The molecule has 4 rings (SSSR count). The second-order valence-electron chi connectivity index (χ2n) is 11.2. The number of benzene rings is 3. The van der Waals surface area contributed by atoms with Crippen LogP contribution in [0.15, 0.2) is 78.9 Å². The molecule has 0 unspecified atom stereocenters. The number of carbonyl (C=O) groups excluding carboxylic acids is 2. The van der Waals surface area contributed by atoms with Gasteiger partial charge in [-0.2, -0.15) is 0 Å². The molecule has 0 spiro atoms. The van der Waals surface area contributed by atoms with Crippen LogP contribution in [0.3, 0.4) is 0 Å². The lowest BCUT2D eigenvalue weighted by Crippen LogP contribution is -2.55. The molecule has 0 aliphatic heterocycles. The van der Waals surface area contributed by atoms with Crippen molar-refractivity contribution in [2.24, 2.45) is 0 Å². The van der Waals surface area contributed by atoms with E-state index in [0.29, 0.717) is 18.8 Å². The highest BCUT2D eigenvalue weighted by Gasteiger charge is 2.34. The average molecular weight is 606 g/mol. The molecule has 8 nitrogen and oxygen atoms in total. The number of anilines is 1. The van der Waals surface area contributed by atoms with E-state index in [2.05, 4.69) is 5.32 Å². The summed E-state index contributed by atoms with van der Waals surface area (Å²) in [6.07, 6.45) is 6.46. The predicted molar refractivity (Wildman–Crippen MR) is 170 cm³/mol. The van der Waals surface area contributed by atoms with Crippen LogP contribution in [0.5, 0.6) is 5.75 Å². The largest absolute Gasteiger partial charge is 0.492 e. The van der Waals surface area contributed by atoms with Gasteiger partial charge in [-0.1, -0.05) is 91.6 Å². The Morgan fingerprint density at radius 2 is 1.60 bits per heavy atom. The van der Waals surface area contributed by atoms with Gasteiger partial charge in [0.25, 0.3) is 0 Å². The molecule has 3 aromatic rings. The molecular formula is C34H43N3O5S. The fraction of sp³-hybridized carbons (Fsp3) is 0.412. The fourth-order valence-electron chi connectivity index (χ4n) is 5.64. The van der Waals surface area contributed by atoms with Gasteiger partial charge in [0.05, 0.1) is 18.6 Å². The molecule has 1 saturated carbocycles. The normalized spacial score (nSPS) is 14.5. The minimum atomic E-state index is -3.89. The van der Waals surface area contributed by atoms with Crippen molar-refractivity contribution in [1.82, 2.24) is 10.2 Å². The number of aryl methyl sites for hydroxylation is 1. The van der Waals surface area contributed by atoms with Gasteiger partial charge in [-0.3, -0.25) is 13.9 Å². The number of ether oxygens (including phenoxy) is 1. The Kier molecular flexibility index (Phi) is 11.2. The first kappa shape index (κ1) is 32.1. The first-order valence-electron chi connectivity index (χ1n) is 15.0. The molecule has 0 aromatic heterocycles. The van der Waals surface area contributed by atoms with Crippen LogP contribution in [0.1, 0.15) is 55.7 Å². The molecule has 43 heavy (non-hydrogen) atoms. The Morgan fingerprint density at radius 3 is 2.28 bits per heavy atom. The molecule has 230 valence electrons. The van der Waals surface area contributed by atoms with Crippen LogP contribution < -0.4 is 14.4 Å². The highest BCUT2D eigenvalue weighted by atomic mass is 32.2. The van der Waals surface area contributed by atoms with E-state index in [4.69, 9.17) is 4.74 Å². The number of amides is 2. The standard InChI is InChI=1S/C34H43N3O5S/c1-4-42-32-21-12-11-20-30(32)37(43(3,40)41)25-33(38)36(24-28-17-13-14-26(2)22-28)31(23-27-15-7-5-8-16-27)34(39)35-29-18-9-6-10-19-29/h5,7-8,11-17,20-22,29,31H,4,6,9-10,18-19,23-25H2,1-3H3,(H,35,39)/t31-/m1/s1. The van der Waals surface area contributed by atoms with Crippen LogP contribution in [-0.2, 0) is 32.6 Å². The zero-order chi connectivity index (χ0) is 30.8. The summed E-state index contributed by atoms with van der Waals surface area (Å²) in [7, 11) is -3.89. The third-order valence-electron chi connectivity index (χ3n) is 7.77. The van der Waals surface area contributed by atoms with Crippen LogP contribution in [0, 0.1) is 6.92 Å². The van der Waals surface area contributed by atoms with Gasteiger partial charge in [-0.05, 0) is 49.9 Å². The molecule has 1 N–H and O–H groups in total. The Balaban J connectivity index is 1.74. The molecule has 0 bridgehead atoms. The third-order valence-corrected chi connectivity index (χ3v) is 8.90. The lowest BCUT2D eigenvalue weighted by Gasteiger charge is -2.35. The van der Waals surface area contributed by atoms with Gasteiger partial charge in [-0.15, -0.1) is 0 Å². The Bertz CT molecular complexity index is 1470. The monoisotopic (exact) mass is 605 g/mol. The second-order valence-corrected chi connectivity index (χ2v) is 13.1. The van der Waals surface area contributed by atoms with Crippen LogP contribution in [-0.4, -0.2) is 56.6 Å². The molecule has 1 aliphatic rings. The topological polar surface area (TPSA) is 96.0 Å². The average Bonchev–Trinajstić information content (AvgIpc) is 2.98. The molecule has 3 aromatic carbocycles. The zero-order valence-electron chi connectivity index (χ0n) is 25.4. The number of rotatable bonds is 13. The van der Waals surface area contributed by atoms with E-state index in [1.165, 1.54) is 0 Å². The molecule has 0 radical (unpaired) electrons. The summed E-state index contributed by atoms with van der Waals surface area (Å²) in [5.74, 6) is -0.334. The van der Waals surface area contributed by atoms with Crippen molar-refractivity contribution in [3.63, 3.8) is 0 Å². The summed E-state index contributed by atoms with van der Waals surface area (Å²) in [6.45, 7) is 3.80. The van der Waals surface area contributed by atoms with Crippen molar-refractivity contribution >= 4 is 27.5 Å². The number of sulfonamides is 1. The minimum Gasteiger partial charge on any atom is -0.492 e. The maximum absolute atomic E-state index is 14.4. The number of nitrogens with one attached hydrogen (secondary N) is 1. The maximum Gasteiger partial charge on any atom is 0.244 e. The minimum absolute atomic E-state index is 0.0565. The first-order valence-corrected chi connectivity index (χ1v) is 16.9. The van der Waals surface area contributed by atoms with Crippen LogP contribution in [0.25, 0.3) is 0 Å². The first-order chi connectivity index (χ1) is 20.7. The number of nitrogens with zero attached hydrogens (tertiary/aromatic N) is 2. The van der Waals surface area contributed by atoms with E-state index >= 15 is 0 Å². The van der Waals surface area contributed by atoms with Gasteiger partial charge in [0.2, 0.25) is 21.8 Å². The predicted octanol–water partition coefficient (Wildman–Crippen LogP) is 5.25. The number of para-hydroxylation sites is 2. The number of hydrogen-bond donors (Lipinski definition) is 1. The molecule has 1 aliphatic carbocycles. The second kappa shape index (κ2) is 15.0. The van der Waals surface area contributed by atoms with Crippen molar-refractivity contribution in [2.45, 2.75) is 71.0 Å². The van der Waals surface area contributed by atoms with E-state index in [0.717, 1.165) is 59.4 Å². The van der Waals surface area contributed by atoms with Gasteiger partial charge in [0, 0.05) is 19.0 Å². The molecule has 1 fully saturated rings. The molecule has 9 heteroatoms. The van der Waals surface area contributed by atoms with Crippen molar-refractivity contribution in [2.75, 3.05) is 23.7 Å². The van der Waals surface area contributed by atoms with Crippen molar-refractivity contribution < 1.29 is 22.7 Å². The summed E-state index contributed by atoms with van der Waals surface area (Å²) in [6, 6.07) is 23.4. The van der Waals surface area contributed by atoms with E-state index in [-0.39, 0.29) is 24.2 Å². The Hall–Kier alpha value is -3.85. The van der Waals surface area contributed by atoms with Crippen molar-refractivity contribution in [3.05, 3.63) is 95.6 Å². The molecule has 0 heterocycles. The lowest BCUT2D eigenvalue weighted by molar-refractivity contribution is -0.140. The maximum atomic E-state index is 14.4. The highest BCUT2D eigenvalue weighted by Crippen LogP contribution is 2.30. The van der Waals surface area contributed by atoms with E-state index in [1.54, 1.807) is 29.2 Å². The van der Waals surface area contributed by atoms with Crippen molar-refractivity contribution in [1.29, 1.82) is 0 Å². The quantitative estimate of drug-likeness (QED) is 0.287. The van der Waals surface area contributed by atoms with E-state index < -0.39 is 28.5 Å². The van der Waals surface area contributed by atoms with Gasteiger partial charge in [0.15, 0.2) is 0 Å². The summed E-state index contributed by atoms with van der Waals surface area (Å²) < 4.78 is 33.0. The highest BCUT2D eigenvalue weighted by molar-refractivity contribution is 7.92. The van der Waals surface area contributed by atoms with Gasteiger partial charge >= 0.3 is 0 Å². The Morgan fingerprint density at radius 1 is 0.930 bits per heavy atom. The summed E-state index contributed by atoms with van der Waals surface area (Å²) >= 11 is 0.